The second-order valence-corrected chi connectivity index (χ2v) is 8.59. The van der Waals surface area contributed by atoms with Gasteiger partial charge in [0.2, 0.25) is 5.91 Å². The van der Waals surface area contributed by atoms with Crippen molar-refractivity contribution in [3.05, 3.63) is 103 Å². The van der Waals surface area contributed by atoms with E-state index in [1.54, 1.807) is 13.3 Å². The smallest absolute Gasteiger partial charge is 0.221 e. The number of carbonyl (C=O) groups excluding carboxylic acids is 1. The number of hydrogen-bond acceptors (Lipinski definition) is 4. The van der Waals surface area contributed by atoms with Crippen molar-refractivity contribution in [2.24, 2.45) is 0 Å². The van der Waals surface area contributed by atoms with Crippen molar-refractivity contribution in [2.75, 3.05) is 17.3 Å². The van der Waals surface area contributed by atoms with Gasteiger partial charge in [0.05, 0.1) is 24.5 Å². The van der Waals surface area contributed by atoms with Gasteiger partial charge in [0.1, 0.15) is 11.8 Å². The van der Waals surface area contributed by atoms with Gasteiger partial charge in [-0.05, 0) is 66.8 Å². The lowest BCUT2D eigenvalue weighted by Crippen LogP contribution is -2.30. The molecule has 3 heterocycles. The largest absolute Gasteiger partial charge is 0.495 e. The Hall–Kier alpha value is -4.17. The summed E-state index contributed by atoms with van der Waals surface area (Å²) in [5, 5.41) is 6.92. The van der Waals surface area contributed by atoms with Crippen molar-refractivity contribution in [1.29, 1.82) is 0 Å². The summed E-state index contributed by atoms with van der Waals surface area (Å²) in [6.45, 7) is 1.47. The van der Waals surface area contributed by atoms with Crippen LogP contribution in [0.25, 0.3) is 5.69 Å². The Bertz CT molecular complexity index is 1360. The molecule has 0 saturated carbocycles. The Morgan fingerprint density at radius 3 is 2.54 bits per heavy atom. The minimum Gasteiger partial charge on any atom is -0.495 e. The Balaban J connectivity index is 1.66. The summed E-state index contributed by atoms with van der Waals surface area (Å²) >= 11 is 5.86. The van der Waals surface area contributed by atoms with E-state index in [2.05, 4.69) is 49.5 Å². The molecule has 0 bridgehead atoms. The molecule has 5 rings (SSSR count). The van der Waals surface area contributed by atoms with E-state index in [0.29, 0.717) is 16.5 Å². The predicted molar refractivity (Wildman–Crippen MR) is 141 cm³/mol. The molecular formula is C27H25N5O2S. The average Bonchev–Trinajstić information content (AvgIpc) is 3.49. The molecule has 35 heavy (non-hydrogen) atoms. The number of rotatable bonds is 6. The Morgan fingerprint density at radius 1 is 1.03 bits per heavy atom. The van der Waals surface area contributed by atoms with Crippen LogP contribution in [0.3, 0.4) is 0 Å². The first-order valence-electron chi connectivity index (χ1n) is 11.3. The molecule has 0 spiro atoms. The zero-order valence-corrected chi connectivity index (χ0v) is 20.2. The maximum atomic E-state index is 11.8. The van der Waals surface area contributed by atoms with E-state index < -0.39 is 0 Å². The number of aromatic nitrogens is 2. The van der Waals surface area contributed by atoms with E-state index in [9.17, 15) is 4.79 Å². The number of ether oxygens (including phenoxy) is 1. The van der Waals surface area contributed by atoms with Crippen molar-refractivity contribution in [3.8, 4) is 11.4 Å². The summed E-state index contributed by atoms with van der Waals surface area (Å²) < 4.78 is 7.63. The molecular weight excluding hydrogens is 458 g/mol. The van der Waals surface area contributed by atoms with Gasteiger partial charge in [-0.25, -0.2) is 0 Å². The summed E-state index contributed by atoms with van der Waals surface area (Å²) in [6.07, 6.45) is 3.84. The maximum absolute atomic E-state index is 11.8. The predicted octanol–water partition coefficient (Wildman–Crippen LogP) is 5.02. The zero-order chi connectivity index (χ0) is 24.4. The quantitative estimate of drug-likeness (QED) is 0.376. The van der Waals surface area contributed by atoms with Gasteiger partial charge in [-0.15, -0.1) is 0 Å². The molecule has 1 aliphatic rings. The number of pyridine rings is 1. The van der Waals surface area contributed by atoms with Crippen LogP contribution < -0.4 is 20.3 Å². The van der Waals surface area contributed by atoms with Crippen LogP contribution >= 0.6 is 12.2 Å². The minimum atomic E-state index is -0.203. The van der Waals surface area contributed by atoms with Crippen LogP contribution in [0.5, 0.6) is 5.75 Å². The summed E-state index contributed by atoms with van der Waals surface area (Å²) in [5.41, 5.74) is 4.41. The van der Waals surface area contributed by atoms with Crippen LogP contribution in [0.4, 0.5) is 11.4 Å². The summed E-state index contributed by atoms with van der Waals surface area (Å²) in [7, 11) is 1.58. The van der Waals surface area contributed by atoms with Gasteiger partial charge in [0, 0.05) is 36.4 Å². The molecule has 1 saturated heterocycles. The third kappa shape index (κ3) is 4.36. The molecule has 2 atom stereocenters. The standard InChI is InChI=1S/C27H25N5O2S/c1-18(33)29-22-17-20(13-14-24(22)34-2)32-26(25(30-27(32)35)21-11-6-7-15-28-21)23-12-8-16-31(23)19-9-4-3-5-10-19/h3-17,25-26H,1-2H3,(H,29,33)(H,30,35). The van der Waals surface area contributed by atoms with Gasteiger partial charge in [0.25, 0.3) is 0 Å². The van der Waals surface area contributed by atoms with Crippen LogP contribution in [-0.2, 0) is 4.79 Å². The molecule has 2 aromatic heterocycles. The van der Waals surface area contributed by atoms with Crippen molar-refractivity contribution in [2.45, 2.75) is 19.0 Å². The number of anilines is 2. The number of para-hydroxylation sites is 1. The van der Waals surface area contributed by atoms with Crippen LogP contribution in [0.15, 0.2) is 91.3 Å². The lowest BCUT2D eigenvalue weighted by molar-refractivity contribution is -0.114. The second kappa shape index (κ2) is 9.60. The third-order valence-electron chi connectivity index (χ3n) is 5.99. The van der Waals surface area contributed by atoms with Crippen LogP contribution in [0.1, 0.15) is 30.4 Å². The van der Waals surface area contributed by atoms with Crippen molar-refractivity contribution >= 4 is 34.6 Å². The fourth-order valence-corrected chi connectivity index (χ4v) is 4.87. The molecule has 176 valence electrons. The average molecular weight is 484 g/mol. The number of thiocarbonyl (C=S) groups is 1. The van der Waals surface area contributed by atoms with Crippen molar-refractivity contribution in [1.82, 2.24) is 14.9 Å². The zero-order valence-electron chi connectivity index (χ0n) is 19.4. The highest BCUT2D eigenvalue weighted by Gasteiger charge is 2.42. The van der Waals surface area contributed by atoms with Crippen molar-refractivity contribution in [3.63, 3.8) is 0 Å². The maximum Gasteiger partial charge on any atom is 0.221 e. The fourth-order valence-electron chi connectivity index (χ4n) is 4.53. The molecule has 2 aromatic carbocycles. The highest BCUT2D eigenvalue weighted by atomic mass is 32.1. The molecule has 8 heteroatoms. The van der Waals surface area contributed by atoms with Crippen LogP contribution in [0.2, 0.25) is 0 Å². The second-order valence-electron chi connectivity index (χ2n) is 8.20. The molecule has 2 unspecified atom stereocenters. The number of methoxy groups -OCH3 is 1. The van der Waals surface area contributed by atoms with Gasteiger partial charge in [-0.2, -0.15) is 0 Å². The molecule has 0 radical (unpaired) electrons. The van der Waals surface area contributed by atoms with E-state index >= 15 is 0 Å². The van der Waals surface area contributed by atoms with Gasteiger partial charge in [0.15, 0.2) is 5.11 Å². The summed E-state index contributed by atoms with van der Waals surface area (Å²) in [5.74, 6) is 0.399. The molecule has 7 nitrogen and oxygen atoms in total. The number of benzene rings is 2. The molecule has 1 aliphatic heterocycles. The highest BCUT2D eigenvalue weighted by Crippen LogP contribution is 2.43. The van der Waals surface area contributed by atoms with Gasteiger partial charge < -0.3 is 24.8 Å². The van der Waals surface area contributed by atoms with Crippen LogP contribution in [0, 0.1) is 0 Å². The lowest BCUT2D eigenvalue weighted by Gasteiger charge is -2.29. The molecule has 1 fully saturated rings. The molecule has 4 aromatic rings. The number of hydrogen-bond donors (Lipinski definition) is 2. The highest BCUT2D eigenvalue weighted by molar-refractivity contribution is 7.80. The number of amides is 1. The summed E-state index contributed by atoms with van der Waals surface area (Å²) in [4.78, 5) is 18.6. The van der Waals surface area contributed by atoms with E-state index in [1.807, 2.05) is 60.7 Å². The first kappa shape index (κ1) is 22.6. The number of nitrogens with zero attached hydrogens (tertiary/aromatic N) is 3. The van der Waals surface area contributed by atoms with E-state index in [1.165, 1.54) is 6.92 Å². The fraction of sp³-hybridized carbons (Fsp3) is 0.148. The Labute approximate surface area is 209 Å². The van der Waals surface area contributed by atoms with Crippen LogP contribution in [-0.4, -0.2) is 27.7 Å². The van der Waals surface area contributed by atoms with Gasteiger partial charge >= 0.3 is 0 Å². The lowest BCUT2D eigenvalue weighted by atomic mass is 10.0. The molecule has 2 N–H and O–H groups in total. The normalized spacial score (nSPS) is 17.2. The van der Waals surface area contributed by atoms with E-state index in [4.69, 9.17) is 17.0 Å². The number of carbonyl (C=O) groups is 1. The SMILES string of the molecule is COc1ccc(N2C(=S)NC(c3ccccn3)C2c2cccn2-c2ccccc2)cc1NC(C)=O. The monoisotopic (exact) mass is 483 g/mol. The first-order chi connectivity index (χ1) is 17.1. The molecule has 0 aliphatic carbocycles. The Morgan fingerprint density at radius 2 is 1.83 bits per heavy atom. The minimum absolute atomic E-state index is 0.177. The van der Waals surface area contributed by atoms with E-state index in [0.717, 1.165) is 22.8 Å². The van der Waals surface area contributed by atoms with Gasteiger partial charge in [-0.3, -0.25) is 9.78 Å². The van der Waals surface area contributed by atoms with Gasteiger partial charge in [-0.1, -0.05) is 24.3 Å². The van der Waals surface area contributed by atoms with Crippen molar-refractivity contribution < 1.29 is 9.53 Å². The summed E-state index contributed by atoms with van der Waals surface area (Å²) in [6, 6.07) is 25.5. The molecule has 1 amide bonds. The first-order valence-corrected chi connectivity index (χ1v) is 11.7. The topological polar surface area (TPSA) is 71.4 Å². The van der Waals surface area contributed by atoms with E-state index in [-0.39, 0.29) is 18.0 Å². The third-order valence-corrected chi connectivity index (χ3v) is 6.30. The Kier molecular flexibility index (Phi) is 6.20. The number of nitrogens with one attached hydrogen (secondary N) is 2.